The zero-order valence-electron chi connectivity index (χ0n) is 16.2. The summed E-state index contributed by atoms with van der Waals surface area (Å²) in [6.07, 6.45) is 6.57. The van der Waals surface area contributed by atoms with E-state index in [1.165, 1.54) is 27.1 Å². The Labute approximate surface area is 161 Å². The number of hydrogen-bond acceptors (Lipinski definition) is 3. The third-order valence-electron chi connectivity index (χ3n) is 5.57. The summed E-state index contributed by atoms with van der Waals surface area (Å²) in [5.41, 5.74) is 12.9. The third-order valence-corrected chi connectivity index (χ3v) is 9.09. The predicted octanol–water partition coefficient (Wildman–Crippen LogP) is 4.11. The van der Waals surface area contributed by atoms with E-state index >= 15 is 0 Å². The van der Waals surface area contributed by atoms with Gasteiger partial charge in [-0.3, -0.25) is 4.99 Å². The highest BCUT2D eigenvalue weighted by molar-refractivity contribution is 6.98. The maximum Gasteiger partial charge on any atom is 0.126 e. The zero-order chi connectivity index (χ0) is 19.2. The maximum atomic E-state index is 6.19. The number of rotatable bonds is 2. The molecule has 2 aromatic rings. The molecular formula is C23H24N2OSi. The summed E-state index contributed by atoms with van der Waals surface area (Å²) >= 11 is 0. The fraction of sp³-hybridized carbons (Fsp3) is 0.174. The predicted molar refractivity (Wildman–Crippen MR) is 118 cm³/mol. The highest BCUT2D eigenvalue weighted by atomic mass is 28.3. The molecule has 0 radical (unpaired) electrons. The smallest absolute Gasteiger partial charge is 0.126 e. The summed E-state index contributed by atoms with van der Waals surface area (Å²) < 4.78 is 5.70. The molecule has 0 bridgehead atoms. The number of anilines is 1. The topological polar surface area (TPSA) is 47.6 Å². The number of nitrogens with two attached hydrogens (primary N) is 1. The fourth-order valence-electron chi connectivity index (χ4n) is 4.13. The minimum absolute atomic E-state index is 0.813. The Morgan fingerprint density at radius 3 is 2.52 bits per heavy atom. The van der Waals surface area contributed by atoms with Crippen molar-refractivity contribution in [3.05, 3.63) is 82.6 Å². The van der Waals surface area contributed by atoms with Crippen LogP contribution in [0.2, 0.25) is 13.1 Å². The molecule has 2 N–H and O–H groups in total. The van der Waals surface area contributed by atoms with Gasteiger partial charge in [-0.05, 0) is 57.4 Å². The van der Waals surface area contributed by atoms with Crippen molar-refractivity contribution in [1.82, 2.24) is 0 Å². The standard InChI is InChI=1S/C23H24N2OSi/c1-25-16-10-12-19-22(14-16)27(3,4)21-13-15(24)9-11-18(21)23(19)17-7-5-6-8-20(17)26-2/h5-14H,24H2,1-4H3/b25-16+. The minimum Gasteiger partial charge on any atom is -0.496 e. The summed E-state index contributed by atoms with van der Waals surface area (Å²) in [4.78, 5) is 4.41. The lowest BCUT2D eigenvalue weighted by molar-refractivity contribution is 0.413. The summed E-state index contributed by atoms with van der Waals surface area (Å²) in [7, 11) is 1.66. The van der Waals surface area contributed by atoms with Crippen molar-refractivity contribution in [3.63, 3.8) is 0 Å². The minimum atomic E-state index is -1.91. The molecule has 0 aromatic heterocycles. The molecule has 27 heavy (non-hydrogen) atoms. The second-order valence-electron chi connectivity index (χ2n) is 7.46. The Morgan fingerprint density at radius 2 is 1.78 bits per heavy atom. The summed E-state index contributed by atoms with van der Waals surface area (Å²) in [6.45, 7) is 4.78. The Bertz CT molecular complexity index is 1060. The van der Waals surface area contributed by atoms with Gasteiger partial charge in [0, 0.05) is 18.3 Å². The van der Waals surface area contributed by atoms with Crippen LogP contribution in [0.4, 0.5) is 5.69 Å². The van der Waals surface area contributed by atoms with E-state index < -0.39 is 8.07 Å². The van der Waals surface area contributed by atoms with E-state index in [1.807, 2.05) is 25.2 Å². The van der Waals surface area contributed by atoms with E-state index in [1.54, 1.807) is 7.11 Å². The van der Waals surface area contributed by atoms with Crippen LogP contribution in [-0.2, 0) is 0 Å². The van der Waals surface area contributed by atoms with E-state index in [4.69, 9.17) is 10.5 Å². The van der Waals surface area contributed by atoms with E-state index in [0.29, 0.717) is 0 Å². The van der Waals surface area contributed by atoms with Crippen molar-refractivity contribution < 1.29 is 4.74 Å². The SMILES string of the molecule is C/N=C1\C=CC2=C(c3ccccc3OC)c3ccc(N)cc3[Si](C)(C)C2=C1. The van der Waals surface area contributed by atoms with Crippen LogP contribution in [0.25, 0.3) is 5.57 Å². The molecule has 0 atom stereocenters. The Hall–Kier alpha value is -2.85. The maximum absolute atomic E-state index is 6.19. The first-order valence-corrected chi connectivity index (χ1v) is 12.1. The first-order chi connectivity index (χ1) is 13.0. The van der Waals surface area contributed by atoms with Crippen molar-refractivity contribution in [3.8, 4) is 5.75 Å². The molecule has 0 saturated carbocycles. The summed E-state index contributed by atoms with van der Waals surface area (Å²) in [5, 5.41) is 2.76. The molecule has 1 aliphatic heterocycles. The summed E-state index contributed by atoms with van der Waals surface area (Å²) in [6, 6.07) is 14.6. The number of benzene rings is 2. The lowest BCUT2D eigenvalue weighted by Gasteiger charge is -2.38. The van der Waals surface area contributed by atoms with Gasteiger partial charge in [0.25, 0.3) is 0 Å². The van der Waals surface area contributed by atoms with Crippen LogP contribution in [0.3, 0.4) is 0 Å². The highest BCUT2D eigenvalue weighted by Gasteiger charge is 2.39. The van der Waals surface area contributed by atoms with Crippen molar-refractivity contribution in [2.45, 2.75) is 13.1 Å². The Morgan fingerprint density at radius 1 is 1.00 bits per heavy atom. The number of para-hydroxylation sites is 1. The lowest BCUT2D eigenvalue weighted by Crippen LogP contribution is -2.49. The lowest BCUT2D eigenvalue weighted by atomic mass is 9.89. The molecule has 0 saturated heterocycles. The molecule has 4 rings (SSSR count). The quantitative estimate of drug-likeness (QED) is 0.637. The molecule has 136 valence electrons. The van der Waals surface area contributed by atoms with Gasteiger partial charge in [-0.1, -0.05) is 43.4 Å². The number of methoxy groups -OCH3 is 1. The van der Waals surface area contributed by atoms with Crippen LogP contribution in [0.15, 0.2) is 76.5 Å². The Balaban J connectivity index is 2.12. The average molecular weight is 373 g/mol. The average Bonchev–Trinajstić information content (AvgIpc) is 2.69. The van der Waals surface area contributed by atoms with Crippen LogP contribution in [0, 0.1) is 0 Å². The summed E-state index contributed by atoms with van der Waals surface area (Å²) in [5.74, 6) is 0.881. The molecule has 0 amide bonds. The van der Waals surface area contributed by atoms with Gasteiger partial charge in [0.05, 0.1) is 12.8 Å². The first kappa shape index (κ1) is 17.6. The number of hydrogen-bond donors (Lipinski definition) is 1. The Kier molecular flexibility index (Phi) is 4.16. The second kappa shape index (κ2) is 6.39. The third kappa shape index (κ3) is 2.68. The van der Waals surface area contributed by atoms with Crippen molar-refractivity contribution >= 4 is 30.2 Å². The molecule has 4 heteroatoms. The van der Waals surface area contributed by atoms with E-state index in [0.717, 1.165) is 22.7 Å². The molecule has 0 spiro atoms. The molecule has 2 aliphatic rings. The molecule has 0 fully saturated rings. The van der Waals surface area contributed by atoms with Gasteiger partial charge < -0.3 is 10.5 Å². The van der Waals surface area contributed by atoms with Crippen molar-refractivity contribution in [2.24, 2.45) is 4.99 Å². The largest absolute Gasteiger partial charge is 0.496 e. The van der Waals surface area contributed by atoms with Crippen molar-refractivity contribution in [2.75, 3.05) is 19.9 Å². The molecule has 1 heterocycles. The number of fused-ring (bicyclic) bond motifs is 2. The number of allylic oxidation sites excluding steroid dienone is 5. The van der Waals surface area contributed by atoms with Crippen LogP contribution in [-0.4, -0.2) is 27.9 Å². The molecule has 1 aliphatic carbocycles. The van der Waals surface area contributed by atoms with Crippen LogP contribution in [0.1, 0.15) is 11.1 Å². The molecular weight excluding hydrogens is 348 g/mol. The number of aliphatic imine (C=N–C) groups is 1. The van der Waals surface area contributed by atoms with E-state index in [-0.39, 0.29) is 0 Å². The van der Waals surface area contributed by atoms with Gasteiger partial charge >= 0.3 is 0 Å². The second-order valence-corrected chi connectivity index (χ2v) is 11.8. The fourth-order valence-corrected chi connectivity index (χ4v) is 7.22. The zero-order valence-corrected chi connectivity index (χ0v) is 17.2. The number of ether oxygens (including phenoxy) is 1. The van der Waals surface area contributed by atoms with Gasteiger partial charge in [0.1, 0.15) is 13.8 Å². The van der Waals surface area contributed by atoms with Crippen LogP contribution < -0.4 is 15.7 Å². The molecule has 2 aromatic carbocycles. The van der Waals surface area contributed by atoms with Gasteiger partial charge in [-0.2, -0.15) is 0 Å². The normalized spacial score (nSPS) is 18.8. The first-order valence-electron chi connectivity index (χ1n) is 9.13. The molecule has 0 unspecified atom stereocenters. The highest BCUT2D eigenvalue weighted by Crippen LogP contribution is 2.43. The van der Waals surface area contributed by atoms with Gasteiger partial charge in [-0.25, -0.2) is 0 Å². The van der Waals surface area contributed by atoms with Crippen molar-refractivity contribution in [1.29, 1.82) is 0 Å². The van der Waals surface area contributed by atoms with Crippen LogP contribution >= 0.6 is 0 Å². The number of nitrogens with zero attached hydrogens (tertiary/aromatic N) is 1. The van der Waals surface area contributed by atoms with Gasteiger partial charge in [0.15, 0.2) is 0 Å². The van der Waals surface area contributed by atoms with E-state index in [9.17, 15) is 0 Å². The van der Waals surface area contributed by atoms with Gasteiger partial charge in [0.2, 0.25) is 0 Å². The van der Waals surface area contributed by atoms with Gasteiger partial charge in [-0.15, -0.1) is 0 Å². The number of nitrogen functional groups attached to an aromatic ring is 1. The van der Waals surface area contributed by atoms with Crippen LogP contribution in [0.5, 0.6) is 5.75 Å². The molecule has 3 nitrogen and oxygen atoms in total. The van der Waals surface area contributed by atoms with E-state index in [2.05, 4.69) is 60.6 Å². The monoisotopic (exact) mass is 372 g/mol.